The van der Waals surface area contributed by atoms with Crippen molar-refractivity contribution in [1.82, 2.24) is 0 Å². The Kier molecular flexibility index (Phi) is 5.75. The fourth-order valence-electron chi connectivity index (χ4n) is 0.102. The molecule has 0 aliphatic heterocycles. The molecule has 8 heteroatoms. The van der Waals surface area contributed by atoms with Crippen LogP contribution in [0.15, 0.2) is 0 Å². The Balaban J connectivity index is -0.000000245. The van der Waals surface area contributed by atoms with E-state index in [1.54, 1.807) is 0 Å². The van der Waals surface area contributed by atoms with E-state index < -0.39 is 14.0 Å². The molecular formula is CH4NaO6P. The fourth-order valence-corrected chi connectivity index (χ4v) is 0.305. The molecule has 0 saturated heterocycles. The van der Waals surface area contributed by atoms with E-state index in [1.165, 1.54) is 0 Å². The predicted octanol–water partition coefficient (Wildman–Crippen LogP) is -3.11. The van der Waals surface area contributed by atoms with Crippen LogP contribution in [-0.4, -0.2) is 21.0 Å². The molecule has 0 saturated carbocycles. The Hall–Kier alpha value is 0.420. The van der Waals surface area contributed by atoms with Gasteiger partial charge in [-0.05, 0) is 0 Å². The first kappa shape index (κ1) is 12.1. The molecule has 9 heavy (non-hydrogen) atoms. The molecule has 0 aliphatic carbocycles. The first-order chi connectivity index (χ1) is 3.42. The van der Waals surface area contributed by atoms with Crippen molar-refractivity contribution in [2.75, 3.05) is 0 Å². The molecule has 6 nitrogen and oxygen atoms in total. The molecule has 0 heterocycles. The summed E-state index contributed by atoms with van der Waals surface area (Å²) in [6.07, 6.45) is -1.99. The Bertz CT molecular complexity index is 141. The number of phosphoric ester groups is 1. The minimum Gasteiger partial charge on any atom is -1.00 e. The summed E-state index contributed by atoms with van der Waals surface area (Å²) in [5, 5.41) is 7.53. The number of carbonyl (C=O) groups is 1. The summed E-state index contributed by atoms with van der Waals surface area (Å²) < 4.78 is 12.6. The molecule has 0 rings (SSSR count). The van der Waals surface area contributed by atoms with Crippen molar-refractivity contribution in [2.45, 2.75) is 0 Å². The third kappa shape index (κ3) is 11.8. The third-order valence-corrected chi connectivity index (χ3v) is 0.591. The van der Waals surface area contributed by atoms with Crippen LogP contribution in [-0.2, 0) is 9.09 Å². The van der Waals surface area contributed by atoms with Crippen molar-refractivity contribution >= 4 is 14.0 Å². The maximum absolute atomic E-state index is 9.53. The van der Waals surface area contributed by atoms with Crippen LogP contribution in [0, 0.1) is 0 Å². The Morgan fingerprint density at radius 3 is 1.89 bits per heavy atom. The zero-order chi connectivity index (χ0) is 6.78. The molecule has 50 valence electrons. The molecule has 0 atom stereocenters. The number of rotatable bonds is 1. The molecule has 0 unspecified atom stereocenters. The van der Waals surface area contributed by atoms with Crippen LogP contribution in [0.1, 0.15) is 1.43 Å². The molecule has 0 aliphatic rings. The van der Waals surface area contributed by atoms with Crippen molar-refractivity contribution in [3.8, 4) is 0 Å². The number of hydrogen-bond acceptors (Lipinski definition) is 3. The summed E-state index contributed by atoms with van der Waals surface area (Å²) in [7, 11) is -4.82. The van der Waals surface area contributed by atoms with Gasteiger partial charge < -0.3 is 11.1 Å². The summed E-state index contributed by atoms with van der Waals surface area (Å²) >= 11 is 0. The van der Waals surface area contributed by atoms with Gasteiger partial charge in [-0.15, -0.1) is 0 Å². The van der Waals surface area contributed by atoms with Crippen molar-refractivity contribution in [2.24, 2.45) is 0 Å². The van der Waals surface area contributed by atoms with E-state index in [2.05, 4.69) is 4.52 Å². The standard InChI is InChI=1S/CH3O6P.Na.H/c2-1(3)7-8(4,5)6;;/h(H,2,3)(H2,4,5,6);;/q;+1;-1. The van der Waals surface area contributed by atoms with Crippen molar-refractivity contribution in [3.63, 3.8) is 0 Å². The van der Waals surface area contributed by atoms with Crippen LogP contribution >= 0.6 is 7.82 Å². The largest absolute Gasteiger partial charge is 1.00 e. The first-order valence-corrected chi connectivity index (χ1v) is 2.93. The van der Waals surface area contributed by atoms with Crippen LogP contribution in [0.25, 0.3) is 0 Å². The molecule has 0 aromatic carbocycles. The normalized spacial score (nSPS) is 9.56. The van der Waals surface area contributed by atoms with Crippen LogP contribution in [0.3, 0.4) is 0 Å². The van der Waals surface area contributed by atoms with Crippen LogP contribution in [0.5, 0.6) is 0 Å². The van der Waals surface area contributed by atoms with Gasteiger partial charge in [0.15, 0.2) is 0 Å². The van der Waals surface area contributed by atoms with E-state index in [0.29, 0.717) is 0 Å². The maximum atomic E-state index is 9.53. The van der Waals surface area contributed by atoms with Crippen LogP contribution < -0.4 is 29.6 Å². The average molecular weight is 166 g/mol. The predicted molar refractivity (Wildman–Crippen MR) is 22.3 cm³/mol. The van der Waals surface area contributed by atoms with Gasteiger partial charge in [-0.1, -0.05) is 0 Å². The van der Waals surface area contributed by atoms with Gasteiger partial charge in [-0.2, -0.15) is 0 Å². The minimum absolute atomic E-state index is 0. The molecule has 0 radical (unpaired) electrons. The second-order valence-electron chi connectivity index (χ2n) is 0.848. The van der Waals surface area contributed by atoms with Gasteiger partial charge in [0.1, 0.15) is 0 Å². The van der Waals surface area contributed by atoms with E-state index in [-0.39, 0.29) is 31.0 Å². The van der Waals surface area contributed by atoms with Crippen molar-refractivity contribution in [1.29, 1.82) is 0 Å². The monoisotopic (exact) mass is 166 g/mol. The molecular weight excluding hydrogens is 162 g/mol. The van der Waals surface area contributed by atoms with E-state index in [9.17, 15) is 9.36 Å². The summed E-state index contributed by atoms with van der Waals surface area (Å²) in [6, 6.07) is 0. The first-order valence-electron chi connectivity index (χ1n) is 1.40. The molecule has 3 N–H and O–H groups in total. The van der Waals surface area contributed by atoms with E-state index in [1.807, 2.05) is 0 Å². The summed E-state index contributed by atoms with van der Waals surface area (Å²) in [6.45, 7) is 0. The van der Waals surface area contributed by atoms with E-state index >= 15 is 0 Å². The van der Waals surface area contributed by atoms with Crippen molar-refractivity contribution in [3.05, 3.63) is 0 Å². The molecule has 0 fully saturated rings. The number of phosphoric acid groups is 1. The number of hydrogen-bond donors (Lipinski definition) is 3. The second-order valence-corrected chi connectivity index (χ2v) is 2.01. The second kappa shape index (κ2) is 4.27. The van der Waals surface area contributed by atoms with E-state index in [4.69, 9.17) is 14.9 Å². The van der Waals surface area contributed by atoms with Gasteiger partial charge in [0.25, 0.3) is 0 Å². The van der Waals surface area contributed by atoms with Gasteiger partial charge in [-0.3, -0.25) is 9.79 Å². The van der Waals surface area contributed by atoms with Gasteiger partial charge >= 0.3 is 43.5 Å². The summed E-state index contributed by atoms with van der Waals surface area (Å²) in [5.41, 5.74) is 0. The smallest absolute Gasteiger partial charge is 1.00 e. The Morgan fingerprint density at radius 2 is 1.89 bits per heavy atom. The maximum Gasteiger partial charge on any atom is 1.00 e. The molecule has 0 aromatic heterocycles. The Morgan fingerprint density at radius 1 is 1.56 bits per heavy atom. The fraction of sp³-hybridized carbons (Fsp3) is 0. The number of carboxylic acid groups (broad SMARTS) is 1. The zero-order valence-electron chi connectivity index (χ0n) is 5.51. The Labute approximate surface area is 73.8 Å². The van der Waals surface area contributed by atoms with Crippen molar-refractivity contribution < 1.29 is 59.8 Å². The summed E-state index contributed by atoms with van der Waals surface area (Å²) in [5.74, 6) is 0. The van der Waals surface area contributed by atoms with Gasteiger partial charge in [0, 0.05) is 0 Å². The van der Waals surface area contributed by atoms with E-state index in [0.717, 1.165) is 0 Å². The molecule has 0 bridgehead atoms. The third-order valence-electron chi connectivity index (χ3n) is 0.197. The SMILES string of the molecule is O=C(O)OP(=O)(O)O.[H-].[Na+]. The molecule has 0 aromatic rings. The van der Waals surface area contributed by atoms with Gasteiger partial charge in [0.05, 0.1) is 0 Å². The van der Waals surface area contributed by atoms with Gasteiger partial charge in [0.2, 0.25) is 0 Å². The quantitative estimate of drug-likeness (QED) is 0.281. The van der Waals surface area contributed by atoms with Crippen LogP contribution in [0.4, 0.5) is 4.79 Å². The summed E-state index contributed by atoms with van der Waals surface area (Å²) in [4.78, 5) is 24.7. The average Bonchev–Trinajstić information content (AvgIpc) is 1.21. The van der Waals surface area contributed by atoms with Crippen LogP contribution in [0.2, 0.25) is 0 Å². The minimum atomic E-state index is -4.82. The zero-order valence-corrected chi connectivity index (χ0v) is 7.41. The molecule has 0 spiro atoms. The van der Waals surface area contributed by atoms with Gasteiger partial charge in [-0.25, -0.2) is 9.36 Å². The molecule has 0 amide bonds. The topological polar surface area (TPSA) is 104 Å².